The van der Waals surface area contributed by atoms with Crippen LogP contribution in [0.5, 0.6) is 0 Å². The smallest absolute Gasteiger partial charge is 0.0675 e. The summed E-state index contributed by atoms with van der Waals surface area (Å²) in [5, 5.41) is 9.30. The molecule has 0 spiro atoms. The molecule has 1 fully saturated rings. The van der Waals surface area contributed by atoms with Crippen molar-refractivity contribution in [2.45, 2.75) is 38.3 Å². The topological polar surface area (TPSA) is 23.5 Å². The molecule has 1 aliphatic heterocycles. The van der Waals surface area contributed by atoms with Crippen LogP contribution in [0.3, 0.4) is 0 Å². The molecule has 1 saturated heterocycles. The third-order valence-corrected chi connectivity index (χ3v) is 3.24. The highest BCUT2D eigenvalue weighted by Gasteiger charge is 2.23. The number of piperidine rings is 1. The molecule has 0 aromatic carbocycles. The van der Waals surface area contributed by atoms with Crippen molar-refractivity contribution in [1.29, 1.82) is 0 Å². The Hall–Kier alpha value is 0.650. The number of rotatable bonds is 1. The maximum atomic E-state index is 9.30. The second-order valence-corrected chi connectivity index (χ2v) is 4.17. The molecular weight excluding hydrogens is 241 g/mol. The molecule has 2 unspecified atom stereocenters. The Morgan fingerprint density at radius 1 is 1.60 bits per heavy atom. The SMILES string of the molecule is CC(O)C1CCCCN1I. The van der Waals surface area contributed by atoms with Gasteiger partial charge in [0.05, 0.1) is 6.10 Å². The van der Waals surface area contributed by atoms with Gasteiger partial charge in [0, 0.05) is 35.5 Å². The van der Waals surface area contributed by atoms with Crippen LogP contribution in [0, 0.1) is 0 Å². The number of hydrogen-bond acceptors (Lipinski definition) is 2. The Bertz CT molecular complexity index is 108. The monoisotopic (exact) mass is 255 g/mol. The van der Waals surface area contributed by atoms with Gasteiger partial charge in [0.1, 0.15) is 0 Å². The summed E-state index contributed by atoms with van der Waals surface area (Å²) in [5.41, 5.74) is 0. The zero-order valence-corrected chi connectivity index (χ0v) is 8.41. The lowest BCUT2D eigenvalue weighted by atomic mass is 10.0. The van der Waals surface area contributed by atoms with Gasteiger partial charge >= 0.3 is 0 Å². The van der Waals surface area contributed by atoms with Gasteiger partial charge in [-0.1, -0.05) is 6.42 Å². The molecular formula is C7H14INO. The fourth-order valence-corrected chi connectivity index (χ4v) is 2.48. The highest BCUT2D eigenvalue weighted by molar-refractivity contribution is 14.1. The van der Waals surface area contributed by atoms with E-state index in [4.69, 9.17) is 0 Å². The van der Waals surface area contributed by atoms with Crippen molar-refractivity contribution in [2.24, 2.45) is 0 Å². The van der Waals surface area contributed by atoms with Crippen molar-refractivity contribution < 1.29 is 5.11 Å². The summed E-state index contributed by atoms with van der Waals surface area (Å²) >= 11 is 2.31. The predicted molar refractivity (Wildman–Crippen MR) is 50.0 cm³/mol. The van der Waals surface area contributed by atoms with Crippen LogP contribution >= 0.6 is 22.9 Å². The van der Waals surface area contributed by atoms with E-state index in [1.165, 1.54) is 12.8 Å². The van der Waals surface area contributed by atoms with E-state index in [0.717, 1.165) is 13.0 Å². The summed E-state index contributed by atoms with van der Waals surface area (Å²) < 4.78 is 2.23. The molecule has 1 aliphatic rings. The van der Waals surface area contributed by atoms with E-state index in [2.05, 4.69) is 26.0 Å². The molecule has 0 aliphatic carbocycles. The lowest BCUT2D eigenvalue weighted by Gasteiger charge is -2.32. The van der Waals surface area contributed by atoms with E-state index < -0.39 is 0 Å². The van der Waals surface area contributed by atoms with Crippen molar-refractivity contribution in [3.05, 3.63) is 0 Å². The zero-order chi connectivity index (χ0) is 7.56. The Balaban J connectivity index is 2.40. The maximum absolute atomic E-state index is 9.30. The molecule has 0 aromatic rings. The third-order valence-electron chi connectivity index (χ3n) is 2.04. The van der Waals surface area contributed by atoms with Crippen molar-refractivity contribution in [2.75, 3.05) is 6.54 Å². The van der Waals surface area contributed by atoms with Crippen LogP contribution in [-0.4, -0.2) is 26.9 Å². The van der Waals surface area contributed by atoms with Gasteiger partial charge in [0.25, 0.3) is 0 Å². The van der Waals surface area contributed by atoms with Gasteiger partial charge in [-0.15, -0.1) is 0 Å². The lowest BCUT2D eigenvalue weighted by molar-refractivity contribution is 0.0973. The number of aliphatic hydroxyl groups excluding tert-OH is 1. The van der Waals surface area contributed by atoms with Crippen LogP contribution in [-0.2, 0) is 0 Å². The summed E-state index contributed by atoms with van der Waals surface area (Å²) in [6.07, 6.45) is 3.54. The first-order valence-corrected chi connectivity index (χ1v) is 4.79. The third kappa shape index (κ3) is 2.07. The number of aliphatic hydroxyl groups is 1. The van der Waals surface area contributed by atoms with Crippen LogP contribution in [0.15, 0.2) is 0 Å². The van der Waals surface area contributed by atoms with Gasteiger partial charge < -0.3 is 5.11 Å². The first kappa shape index (κ1) is 8.74. The number of hydrogen-bond donors (Lipinski definition) is 1. The van der Waals surface area contributed by atoms with Crippen LogP contribution in [0.4, 0.5) is 0 Å². The summed E-state index contributed by atoms with van der Waals surface area (Å²) in [6, 6.07) is 0.398. The zero-order valence-electron chi connectivity index (χ0n) is 6.26. The summed E-state index contributed by atoms with van der Waals surface area (Å²) in [7, 11) is 0. The quantitative estimate of drug-likeness (QED) is 0.568. The molecule has 0 amide bonds. The minimum atomic E-state index is -0.169. The van der Waals surface area contributed by atoms with Gasteiger partial charge in [-0.25, -0.2) is 3.11 Å². The molecule has 3 heteroatoms. The van der Waals surface area contributed by atoms with Gasteiger partial charge in [-0.2, -0.15) is 0 Å². The van der Waals surface area contributed by atoms with E-state index >= 15 is 0 Å². The van der Waals surface area contributed by atoms with E-state index in [0.29, 0.717) is 6.04 Å². The molecule has 2 atom stereocenters. The highest BCUT2D eigenvalue weighted by Crippen LogP contribution is 2.22. The lowest BCUT2D eigenvalue weighted by Crippen LogP contribution is -2.39. The van der Waals surface area contributed by atoms with Crippen molar-refractivity contribution in [3.8, 4) is 0 Å². The van der Waals surface area contributed by atoms with Gasteiger partial charge in [0.15, 0.2) is 0 Å². The Morgan fingerprint density at radius 3 is 2.70 bits per heavy atom. The molecule has 1 rings (SSSR count). The van der Waals surface area contributed by atoms with Crippen molar-refractivity contribution in [1.82, 2.24) is 3.11 Å². The standard InChI is InChI=1S/C7H14INO/c1-6(10)7-4-2-3-5-9(7)8/h6-7,10H,2-5H2,1H3. The summed E-state index contributed by atoms with van der Waals surface area (Å²) in [5.74, 6) is 0. The summed E-state index contributed by atoms with van der Waals surface area (Å²) in [6.45, 7) is 3.01. The molecule has 10 heavy (non-hydrogen) atoms. The normalized spacial score (nSPS) is 32.1. The van der Waals surface area contributed by atoms with Gasteiger partial charge in [-0.05, 0) is 19.8 Å². The van der Waals surface area contributed by atoms with E-state index in [-0.39, 0.29) is 6.10 Å². The average Bonchev–Trinajstić information content (AvgIpc) is 1.88. The Labute approximate surface area is 76.1 Å². The molecule has 0 saturated carbocycles. The molecule has 2 nitrogen and oxygen atoms in total. The second-order valence-electron chi connectivity index (χ2n) is 2.93. The minimum absolute atomic E-state index is 0.169. The number of nitrogens with zero attached hydrogens (tertiary/aromatic N) is 1. The predicted octanol–water partition coefficient (Wildman–Crippen LogP) is 1.57. The molecule has 0 bridgehead atoms. The first-order chi connectivity index (χ1) is 4.72. The summed E-state index contributed by atoms with van der Waals surface area (Å²) in [4.78, 5) is 0. The van der Waals surface area contributed by atoms with E-state index in [9.17, 15) is 5.11 Å². The Kier molecular flexibility index (Phi) is 3.39. The second kappa shape index (κ2) is 3.88. The van der Waals surface area contributed by atoms with Gasteiger partial charge in [-0.3, -0.25) is 0 Å². The Morgan fingerprint density at radius 2 is 2.30 bits per heavy atom. The minimum Gasteiger partial charge on any atom is -0.392 e. The van der Waals surface area contributed by atoms with Crippen molar-refractivity contribution in [3.63, 3.8) is 0 Å². The molecule has 0 radical (unpaired) electrons. The van der Waals surface area contributed by atoms with Crippen LogP contribution < -0.4 is 0 Å². The number of halogens is 1. The first-order valence-electron chi connectivity index (χ1n) is 3.82. The van der Waals surface area contributed by atoms with Crippen LogP contribution in [0.25, 0.3) is 0 Å². The van der Waals surface area contributed by atoms with Crippen molar-refractivity contribution >= 4 is 22.9 Å². The highest BCUT2D eigenvalue weighted by atomic mass is 127. The van der Waals surface area contributed by atoms with Crippen LogP contribution in [0.2, 0.25) is 0 Å². The molecule has 1 heterocycles. The van der Waals surface area contributed by atoms with Gasteiger partial charge in [0.2, 0.25) is 0 Å². The van der Waals surface area contributed by atoms with Crippen LogP contribution in [0.1, 0.15) is 26.2 Å². The van der Waals surface area contributed by atoms with E-state index in [1.54, 1.807) is 0 Å². The molecule has 1 N–H and O–H groups in total. The van der Waals surface area contributed by atoms with E-state index in [1.807, 2.05) is 6.92 Å². The molecule has 60 valence electrons. The average molecular weight is 255 g/mol. The molecule has 0 aromatic heterocycles. The largest absolute Gasteiger partial charge is 0.392 e. The maximum Gasteiger partial charge on any atom is 0.0675 e. The fraction of sp³-hybridized carbons (Fsp3) is 1.00. The fourth-order valence-electron chi connectivity index (χ4n) is 1.40.